The molecule has 1 aliphatic rings. The zero-order valence-corrected chi connectivity index (χ0v) is 11.3. The number of anilines is 1. The number of carbonyl (C=O) groups excluding carboxylic acids is 1. The predicted octanol–water partition coefficient (Wildman–Crippen LogP) is 1.62. The first kappa shape index (κ1) is 13.4. The Balaban J connectivity index is 1.84. The van der Waals surface area contributed by atoms with Crippen LogP contribution in [0.25, 0.3) is 10.9 Å². The molecule has 1 aromatic carbocycles. The van der Waals surface area contributed by atoms with E-state index >= 15 is 0 Å². The maximum Gasteiger partial charge on any atom is 0.336 e. The highest BCUT2D eigenvalue weighted by Gasteiger charge is 2.18. The van der Waals surface area contributed by atoms with E-state index in [0.717, 1.165) is 6.42 Å². The van der Waals surface area contributed by atoms with Gasteiger partial charge in [-0.25, -0.2) is 9.78 Å². The molecule has 21 heavy (non-hydrogen) atoms. The molecule has 6 heteroatoms. The van der Waals surface area contributed by atoms with Crippen LogP contribution < -0.4 is 10.6 Å². The first-order valence-electron chi connectivity index (χ1n) is 6.80. The van der Waals surface area contributed by atoms with Crippen LogP contribution in [0, 0.1) is 0 Å². The normalized spacial score (nSPS) is 18.3. The molecule has 1 atom stereocenters. The molecule has 1 saturated heterocycles. The molecule has 1 aliphatic heterocycles. The Morgan fingerprint density at radius 3 is 2.90 bits per heavy atom. The predicted molar refractivity (Wildman–Crippen MR) is 78.4 cm³/mol. The number of piperidine rings is 1. The molecule has 0 saturated carbocycles. The molecular weight excluding hydrogens is 270 g/mol. The van der Waals surface area contributed by atoms with Crippen LogP contribution in [0.4, 0.5) is 5.82 Å². The van der Waals surface area contributed by atoms with Crippen molar-refractivity contribution in [3.05, 3.63) is 35.9 Å². The fourth-order valence-corrected chi connectivity index (χ4v) is 2.49. The minimum absolute atomic E-state index is 0.0746. The number of nitrogens with one attached hydrogen (secondary N) is 2. The molecule has 108 valence electrons. The van der Waals surface area contributed by atoms with Gasteiger partial charge in [-0.05, 0) is 30.7 Å². The average molecular weight is 285 g/mol. The molecule has 0 spiro atoms. The average Bonchev–Trinajstić information content (AvgIpc) is 2.48. The van der Waals surface area contributed by atoms with Gasteiger partial charge in [0.05, 0.1) is 11.1 Å². The number of carboxylic acids is 1. The molecule has 2 aromatic rings. The molecule has 3 N–H and O–H groups in total. The summed E-state index contributed by atoms with van der Waals surface area (Å²) in [5.41, 5.74) is 0.885. The summed E-state index contributed by atoms with van der Waals surface area (Å²) in [6, 6.07) is 8.71. The smallest absolute Gasteiger partial charge is 0.336 e. The largest absolute Gasteiger partial charge is 0.478 e. The second kappa shape index (κ2) is 5.40. The van der Waals surface area contributed by atoms with Gasteiger partial charge in [0.1, 0.15) is 5.82 Å². The van der Waals surface area contributed by atoms with Gasteiger partial charge in [0, 0.05) is 24.4 Å². The number of carbonyl (C=O) groups is 2. The Labute approximate surface area is 121 Å². The third kappa shape index (κ3) is 2.79. The summed E-state index contributed by atoms with van der Waals surface area (Å²) in [7, 11) is 0. The summed E-state index contributed by atoms with van der Waals surface area (Å²) in [5.74, 6) is -0.199. The van der Waals surface area contributed by atoms with Crippen molar-refractivity contribution in [3.63, 3.8) is 0 Å². The van der Waals surface area contributed by atoms with E-state index in [1.807, 2.05) is 0 Å². The summed E-state index contributed by atoms with van der Waals surface area (Å²) in [5, 5.41) is 15.8. The van der Waals surface area contributed by atoms with Crippen LogP contribution in [-0.4, -0.2) is 34.6 Å². The zero-order chi connectivity index (χ0) is 14.8. The number of benzene rings is 1. The number of hydrogen-bond acceptors (Lipinski definition) is 4. The molecular formula is C15H15N3O3. The quantitative estimate of drug-likeness (QED) is 0.797. The minimum Gasteiger partial charge on any atom is -0.478 e. The first-order chi connectivity index (χ1) is 10.1. The zero-order valence-electron chi connectivity index (χ0n) is 11.3. The van der Waals surface area contributed by atoms with Gasteiger partial charge in [-0.2, -0.15) is 0 Å². The van der Waals surface area contributed by atoms with E-state index in [4.69, 9.17) is 5.11 Å². The third-order valence-electron chi connectivity index (χ3n) is 3.58. The molecule has 0 bridgehead atoms. The Bertz CT molecular complexity index is 704. The van der Waals surface area contributed by atoms with Crippen molar-refractivity contribution in [2.75, 3.05) is 11.9 Å². The summed E-state index contributed by atoms with van der Waals surface area (Å²) < 4.78 is 0. The van der Waals surface area contributed by atoms with E-state index in [0.29, 0.717) is 29.7 Å². The van der Waals surface area contributed by atoms with Crippen LogP contribution in [0.3, 0.4) is 0 Å². The molecule has 1 fully saturated rings. The Hall–Kier alpha value is -2.63. The Morgan fingerprint density at radius 1 is 1.33 bits per heavy atom. The topological polar surface area (TPSA) is 91.3 Å². The summed E-state index contributed by atoms with van der Waals surface area (Å²) in [6.45, 7) is 0.577. The van der Waals surface area contributed by atoms with E-state index in [2.05, 4.69) is 15.6 Å². The number of hydrogen-bond donors (Lipinski definition) is 3. The summed E-state index contributed by atoms with van der Waals surface area (Å²) >= 11 is 0. The standard InChI is InChI=1S/C15H15N3O3/c19-14-7-4-9(8-16-14)17-13-6-5-10-11(15(20)21)2-1-3-12(10)18-13/h1-3,5-6,9H,4,7-8H2,(H,16,19)(H,17,18)(H,20,21). The third-order valence-corrected chi connectivity index (χ3v) is 3.58. The van der Waals surface area contributed by atoms with Crippen LogP contribution in [-0.2, 0) is 4.79 Å². The fourth-order valence-electron chi connectivity index (χ4n) is 2.49. The van der Waals surface area contributed by atoms with Crippen LogP contribution >= 0.6 is 0 Å². The maximum atomic E-state index is 11.2. The van der Waals surface area contributed by atoms with Crippen LogP contribution in [0.2, 0.25) is 0 Å². The highest BCUT2D eigenvalue weighted by Crippen LogP contribution is 2.20. The number of carboxylic acid groups (broad SMARTS) is 1. The lowest BCUT2D eigenvalue weighted by molar-refractivity contribution is -0.122. The van der Waals surface area contributed by atoms with E-state index in [1.165, 1.54) is 0 Å². The second-order valence-corrected chi connectivity index (χ2v) is 5.06. The molecule has 0 radical (unpaired) electrons. The summed E-state index contributed by atoms with van der Waals surface area (Å²) in [6.07, 6.45) is 1.27. The molecule has 2 heterocycles. The molecule has 0 aliphatic carbocycles. The molecule has 1 unspecified atom stereocenters. The van der Waals surface area contributed by atoms with E-state index in [-0.39, 0.29) is 17.5 Å². The van der Waals surface area contributed by atoms with Crippen molar-refractivity contribution in [1.82, 2.24) is 10.3 Å². The van der Waals surface area contributed by atoms with Gasteiger partial charge >= 0.3 is 5.97 Å². The number of aromatic carboxylic acids is 1. The first-order valence-corrected chi connectivity index (χ1v) is 6.80. The van der Waals surface area contributed by atoms with E-state index < -0.39 is 5.97 Å². The number of pyridine rings is 1. The van der Waals surface area contributed by atoms with Crippen molar-refractivity contribution in [2.24, 2.45) is 0 Å². The van der Waals surface area contributed by atoms with Gasteiger partial charge in [0.15, 0.2) is 0 Å². The second-order valence-electron chi connectivity index (χ2n) is 5.06. The van der Waals surface area contributed by atoms with Crippen molar-refractivity contribution in [3.8, 4) is 0 Å². The number of amides is 1. The number of nitrogens with zero attached hydrogens (tertiary/aromatic N) is 1. The van der Waals surface area contributed by atoms with Gasteiger partial charge in [-0.3, -0.25) is 4.79 Å². The van der Waals surface area contributed by atoms with Gasteiger partial charge < -0.3 is 15.7 Å². The van der Waals surface area contributed by atoms with E-state index in [9.17, 15) is 9.59 Å². The van der Waals surface area contributed by atoms with Gasteiger partial charge in [-0.1, -0.05) is 6.07 Å². The lowest BCUT2D eigenvalue weighted by Gasteiger charge is -2.24. The Morgan fingerprint density at radius 2 is 2.19 bits per heavy atom. The van der Waals surface area contributed by atoms with Crippen molar-refractivity contribution in [1.29, 1.82) is 0 Å². The highest BCUT2D eigenvalue weighted by atomic mass is 16.4. The SMILES string of the molecule is O=C1CCC(Nc2ccc3c(C(=O)O)cccc3n2)CN1. The summed E-state index contributed by atoms with van der Waals surface area (Å²) in [4.78, 5) is 26.7. The van der Waals surface area contributed by atoms with Crippen molar-refractivity contribution < 1.29 is 14.7 Å². The van der Waals surface area contributed by atoms with Gasteiger partial charge in [-0.15, -0.1) is 0 Å². The Kier molecular flexibility index (Phi) is 3.43. The lowest BCUT2D eigenvalue weighted by atomic mass is 10.1. The minimum atomic E-state index is -0.960. The van der Waals surface area contributed by atoms with Crippen molar-refractivity contribution in [2.45, 2.75) is 18.9 Å². The van der Waals surface area contributed by atoms with Crippen molar-refractivity contribution >= 4 is 28.6 Å². The van der Waals surface area contributed by atoms with Crippen LogP contribution in [0.15, 0.2) is 30.3 Å². The number of fused-ring (bicyclic) bond motifs is 1. The molecule has 6 nitrogen and oxygen atoms in total. The molecule has 3 rings (SSSR count). The van der Waals surface area contributed by atoms with Gasteiger partial charge in [0.25, 0.3) is 0 Å². The van der Waals surface area contributed by atoms with Gasteiger partial charge in [0.2, 0.25) is 5.91 Å². The number of aromatic nitrogens is 1. The molecule has 1 amide bonds. The number of rotatable bonds is 3. The highest BCUT2D eigenvalue weighted by molar-refractivity contribution is 6.02. The maximum absolute atomic E-state index is 11.2. The van der Waals surface area contributed by atoms with E-state index in [1.54, 1.807) is 30.3 Å². The lowest BCUT2D eigenvalue weighted by Crippen LogP contribution is -2.42. The molecule has 1 aromatic heterocycles. The van der Waals surface area contributed by atoms with Crippen LogP contribution in [0.5, 0.6) is 0 Å². The monoisotopic (exact) mass is 285 g/mol. The van der Waals surface area contributed by atoms with Crippen LogP contribution in [0.1, 0.15) is 23.2 Å². The fraction of sp³-hybridized carbons (Fsp3) is 0.267.